The second kappa shape index (κ2) is 7.15. The van der Waals surface area contributed by atoms with E-state index in [4.69, 9.17) is 0 Å². The molecule has 7 heteroatoms. The first-order chi connectivity index (χ1) is 13.6. The minimum Gasteiger partial charge on any atom is -0.384 e. The van der Waals surface area contributed by atoms with Gasteiger partial charge >= 0.3 is 6.18 Å². The summed E-state index contributed by atoms with van der Waals surface area (Å²) in [6.45, 7) is 3.66. The maximum Gasteiger partial charge on any atom is 0.401 e. The zero-order valence-electron chi connectivity index (χ0n) is 16.5. The van der Waals surface area contributed by atoms with Crippen LogP contribution in [0.3, 0.4) is 0 Å². The van der Waals surface area contributed by atoms with E-state index in [-0.39, 0.29) is 13.1 Å². The Hall–Kier alpha value is -2.38. The number of pyridine rings is 1. The Bertz CT molecular complexity index is 1030. The van der Waals surface area contributed by atoms with Crippen molar-refractivity contribution in [2.75, 3.05) is 13.1 Å². The molecule has 0 fully saturated rings. The van der Waals surface area contributed by atoms with Crippen LogP contribution in [0.2, 0.25) is 0 Å². The fourth-order valence-corrected chi connectivity index (χ4v) is 4.29. The summed E-state index contributed by atoms with van der Waals surface area (Å²) in [5.41, 5.74) is 3.54. The molecule has 1 aliphatic rings. The van der Waals surface area contributed by atoms with Gasteiger partial charge in [0.05, 0.1) is 13.1 Å². The molecule has 0 saturated heterocycles. The van der Waals surface area contributed by atoms with E-state index in [1.165, 1.54) is 4.90 Å². The maximum atomic E-state index is 13.0. The molecule has 0 aliphatic carbocycles. The van der Waals surface area contributed by atoms with Crippen molar-refractivity contribution in [1.82, 2.24) is 14.5 Å². The van der Waals surface area contributed by atoms with Gasteiger partial charge in [-0.15, -0.1) is 0 Å². The van der Waals surface area contributed by atoms with Crippen molar-refractivity contribution in [1.29, 1.82) is 0 Å². The molecule has 0 radical (unpaired) electrons. The molecule has 0 spiro atoms. The van der Waals surface area contributed by atoms with Gasteiger partial charge in [0.25, 0.3) is 0 Å². The van der Waals surface area contributed by atoms with Crippen molar-refractivity contribution < 1.29 is 18.3 Å². The fourth-order valence-electron chi connectivity index (χ4n) is 4.29. The molecule has 4 nitrogen and oxygen atoms in total. The first-order valence-electron chi connectivity index (χ1n) is 9.67. The predicted molar refractivity (Wildman–Crippen MR) is 106 cm³/mol. The maximum absolute atomic E-state index is 13.0. The average molecular weight is 403 g/mol. The van der Waals surface area contributed by atoms with E-state index in [1.54, 1.807) is 31.5 Å². The number of aliphatic hydroxyl groups is 1. The molecular weight excluding hydrogens is 379 g/mol. The molecule has 3 heterocycles. The van der Waals surface area contributed by atoms with E-state index in [0.717, 1.165) is 33.3 Å². The molecule has 1 unspecified atom stereocenters. The predicted octanol–water partition coefficient (Wildman–Crippen LogP) is 4.17. The van der Waals surface area contributed by atoms with Gasteiger partial charge in [0.1, 0.15) is 5.60 Å². The van der Waals surface area contributed by atoms with E-state index in [2.05, 4.69) is 11.1 Å². The van der Waals surface area contributed by atoms with E-state index in [0.29, 0.717) is 13.0 Å². The van der Waals surface area contributed by atoms with Crippen molar-refractivity contribution in [2.45, 2.75) is 45.1 Å². The quantitative estimate of drug-likeness (QED) is 0.711. The molecule has 2 aromatic heterocycles. The van der Waals surface area contributed by atoms with Gasteiger partial charge in [-0.25, -0.2) is 0 Å². The number of alkyl halides is 3. The number of benzene rings is 1. The van der Waals surface area contributed by atoms with Crippen LogP contribution in [0.1, 0.15) is 29.3 Å². The number of nitrogens with zero attached hydrogens (tertiary/aromatic N) is 3. The third-order valence-corrected chi connectivity index (χ3v) is 5.66. The van der Waals surface area contributed by atoms with Gasteiger partial charge < -0.3 is 9.67 Å². The number of halogens is 3. The Kier molecular flexibility index (Phi) is 4.91. The van der Waals surface area contributed by atoms with Crippen LogP contribution in [0.5, 0.6) is 0 Å². The van der Waals surface area contributed by atoms with Crippen LogP contribution in [0.25, 0.3) is 10.9 Å². The van der Waals surface area contributed by atoms with Crippen LogP contribution in [0, 0.1) is 6.92 Å². The number of hydrogen-bond acceptors (Lipinski definition) is 3. The number of aromatic nitrogens is 2. The second-order valence-corrected chi connectivity index (χ2v) is 8.12. The lowest BCUT2D eigenvalue weighted by atomic mass is 9.97. The van der Waals surface area contributed by atoms with Gasteiger partial charge in [-0.3, -0.25) is 9.88 Å². The first kappa shape index (κ1) is 19.9. The topological polar surface area (TPSA) is 41.3 Å². The average Bonchev–Trinajstić information content (AvgIpc) is 2.93. The van der Waals surface area contributed by atoms with Crippen LogP contribution in [-0.2, 0) is 25.1 Å². The van der Waals surface area contributed by atoms with Crippen molar-refractivity contribution in [3.05, 3.63) is 65.1 Å². The molecular formula is C22H24F3N3O. The number of aryl methyl sites for hydroxylation is 1. The van der Waals surface area contributed by atoms with E-state index < -0.39 is 18.3 Å². The highest BCUT2D eigenvalue weighted by molar-refractivity contribution is 5.86. The summed E-state index contributed by atoms with van der Waals surface area (Å²) in [4.78, 5) is 5.43. The normalized spacial score (nSPS) is 17.3. The van der Waals surface area contributed by atoms with Gasteiger partial charge in [0.2, 0.25) is 0 Å². The van der Waals surface area contributed by atoms with Crippen LogP contribution in [0.4, 0.5) is 13.2 Å². The smallest absolute Gasteiger partial charge is 0.384 e. The summed E-state index contributed by atoms with van der Waals surface area (Å²) < 4.78 is 40.9. The summed E-state index contributed by atoms with van der Waals surface area (Å²) in [5.74, 6) is 0. The lowest BCUT2D eigenvalue weighted by Crippen LogP contribution is -2.39. The fraction of sp³-hybridized carbons (Fsp3) is 0.409. The summed E-state index contributed by atoms with van der Waals surface area (Å²) in [6, 6.07) is 9.61. The zero-order valence-corrected chi connectivity index (χ0v) is 16.5. The molecule has 29 heavy (non-hydrogen) atoms. The molecule has 1 aromatic carbocycles. The van der Waals surface area contributed by atoms with E-state index in [9.17, 15) is 18.3 Å². The van der Waals surface area contributed by atoms with Crippen LogP contribution in [0.15, 0.2) is 42.7 Å². The molecule has 0 saturated carbocycles. The highest BCUT2D eigenvalue weighted by atomic mass is 19.4. The number of fused-ring (bicyclic) bond motifs is 3. The third-order valence-electron chi connectivity index (χ3n) is 5.66. The van der Waals surface area contributed by atoms with Gasteiger partial charge in [0.15, 0.2) is 0 Å². The molecule has 4 rings (SSSR count). The lowest BCUT2D eigenvalue weighted by molar-refractivity contribution is -0.147. The number of hydrogen-bond donors (Lipinski definition) is 1. The Labute approximate surface area is 167 Å². The molecule has 3 aromatic rings. The standard InChI is InChI=1S/C22H24F3N3O/c1-15-3-4-19-18(11-15)17-7-10-27(14-22(23,24)25)12-20(17)28(19)13-21(2,29)16-5-8-26-9-6-16/h3-6,8-9,11,29H,7,10,12-14H2,1-2H3. The van der Waals surface area contributed by atoms with Crippen LogP contribution < -0.4 is 0 Å². The SMILES string of the molecule is Cc1ccc2c(c1)c1c(n2CC(C)(O)c2ccncc2)CN(CC(F)(F)F)CC1. The summed E-state index contributed by atoms with van der Waals surface area (Å²) in [6.07, 6.45) is -0.411. The first-order valence-corrected chi connectivity index (χ1v) is 9.67. The molecule has 1 aliphatic heterocycles. The van der Waals surface area contributed by atoms with E-state index >= 15 is 0 Å². The van der Waals surface area contributed by atoms with Gasteiger partial charge in [-0.1, -0.05) is 11.6 Å². The molecule has 0 bridgehead atoms. The van der Waals surface area contributed by atoms with Crippen molar-refractivity contribution in [3.8, 4) is 0 Å². The van der Waals surface area contributed by atoms with Crippen molar-refractivity contribution in [2.24, 2.45) is 0 Å². The summed E-state index contributed by atoms with van der Waals surface area (Å²) in [5, 5.41) is 12.3. The zero-order chi connectivity index (χ0) is 20.8. The highest BCUT2D eigenvalue weighted by Gasteiger charge is 2.35. The second-order valence-electron chi connectivity index (χ2n) is 8.12. The Morgan fingerprint density at radius 1 is 1.10 bits per heavy atom. The Balaban J connectivity index is 1.78. The van der Waals surface area contributed by atoms with Crippen molar-refractivity contribution >= 4 is 10.9 Å². The minimum atomic E-state index is -4.23. The molecule has 154 valence electrons. The largest absolute Gasteiger partial charge is 0.401 e. The third kappa shape index (κ3) is 4.02. The summed E-state index contributed by atoms with van der Waals surface area (Å²) in [7, 11) is 0. The van der Waals surface area contributed by atoms with Gasteiger partial charge in [-0.05, 0) is 55.7 Å². The van der Waals surface area contributed by atoms with Crippen LogP contribution in [-0.4, -0.2) is 38.8 Å². The Morgan fingerprint density at radius 3 is 2.52 bits per heavy atom. The van der Waals surface area contributed by atoms with Gasteiger partial charge in [-0.2, -0.15) is 13.2 Å². The van der Waals surface area contributed by atoms with Crippen molar-refractivity contribution in [3.63, 3.8) is 0 Å². The molecule has 1 N–H and O–H groups in total. The monoisotopic (exact) mass is 403 g/mol. The van der Waals surface area contributed by atoms with Gasteiger partial charge in [0, 0.05) is 42.1 Å². The van der Waals surface area contributed by atoms with Crippen LogP contribution >= 0.6 is 0 Å². The Morgan fingerprint density at radius 2 is 1.83 bits per heavy atom. The highest BCUT2D eigenvalue weighted by Crippen LogP contribution is 2.35. The lowest BCUT2D eigenvalue weighted by Gasteiger charge is -2.31. The number of rotatable bonds is 4. The summed E-state index contributed by atoms with van der Waals surface area (Å²) >= 11 is 0. The minimum absolute atomic E-state index is 0.217. The van der Waals surface area contributed by atoms with E-state index in [1.807, 2.05) is 23.6 Å². The molecule has 1 atom stereocenters. The molecule has 0 amide bonds.